The first-order valence-corrected chi connectivity index (χ1v) is 6.83. The molecule has 0 radical (unpaired) electrons. The maximum Gasteiger partial charge on any atom is 0.126 e. The third-order valence-corrected chi connectivity index (χ3v) is 4.60. The minimum absolute atomic E-state index is 0.110. The lowest BCUT2D eigenvalue weighted by molar-refractivity contribution is 0.521. The second-order valence-corrected chi connectivity index (χ2v) is 5.93. The van der Waals surface area contributed by atoms with Gasteiger partial charge in [-0.3, -0.25) is 0 Å². The minimum atomic E-state index is -0.110. The molecule has 0 bridgehead atoms. The second-order valence-electron chi connectivity index (χ2n) is 3.84. The van der Waals surface area contributed by atoms with Crippen LogP contribution in [-0.4, -0.2) is 4.83 Å². The van der Waals surface area contributed by atoms with Crippen molar-refractivity contribution in [2.75, 3.05) is 0 Å². The Morgan fingerprint density at radius 1 is 1.40 bits per heavy atom. The predicted molar refractivity (Wildman–Crippen MR) is 70.0 cm³/mol. The quantitative estimate of drug-likeness (QED) is 0.682. The van der Waals surface area contributed by atoms with E-state index in [-0.39, 0.29) is 5.82 Å². The molecule has 0 aliphatic rings. The molecule has 0 saturated carbocycles. The molecule has 1 aromatic carbocycles. The van der Waals surface area contributed by atoms with Gasteiger partial charge < -0.3 is 0 Å². The highest BCUT2D eigenvalue weighted by Crippen LogP contribution is 2.24. The maximum atomic E-state index is 13.5. The van der Waals surface area contributed by atoms with Gasteiger partial charge in [-0.05, 0) is 42.5 Å². The summed E-state index contributed by atoms with van der Waals surface area (Å²) in [6.07, 6.45) is 1.84. The molecule has 0 aliphatic carbocycles. The van der Waals surface area contributed by atoms with E-state index in [0.29, 0.717) is 10.7 Å². The van der Waals surface area contributed by atoms with Gasteiger partial charge in [-0.25, -0.2) is 4.39 Å². The largest absolute Gasteiger partial charge is 0.207 e. The molecule has 84 valence electrons. The fourth-order valence-corrected chi connectivity index (χ4v) is 2.17. The molecule has 1 rings (SSSR count). The molecule has 15 heavy (non-hydrogen) atoms. The summed E-state index contributed by atoms with van der Waals surface area (Å²) in [5, 5.41) is 0. The van der Waals surface area contributed by atoms with Gasteiger partial charge in [0.05, 0.1) is 0 Å². The van der Waals surface area contributed by atoms with Crippen LogP contribution in [0.4, 0.5) is 4.39 Å². The van der Waals surface area contributed by atoms with E-state index in [4.69, 9.17) is 0 Å². The summed E-state index contributed by atoms with van der Waals surface area (Å²) in [5.41, 5.74) is 0.787. The summed E-state index contributed by atoms with van der Waals surface area (Å²) >= 11 is 6.97. The lowest BCUT2D eigenvalue weighted by Gasteiger charge is -2.17. The summed E-state index contributed by atoms with van der Waals surface area (Å²) in [6.45, 7) is 4.27. The number of benzene rings is 1. The molecule has 0 N–H and O–H groups in total. The van der Waals surface area contributed by atoms with Crippen LogP contribution < -0.4 is 0 Å². The first-order valence-electron chi connectivity index (χ1n) is 5.12. The Bertz CT molecular complexity index is 325. The van der Waals surface area contributed by atoms with Gasteiger partial charge in [0.1, 0.15) is 5.82 Å². The average Bonchev–Trinajstić information content (AvgIpc) is 2.22. The monoisotopic (exact) mass is 336 g/mol. The van der Waals surface area contributed by atoms with Crippen LogP contribution in [0.2, 0.25) is 0 Å². The standard InChI is InChI=1S/C12H15Br2F/c1-3-11(14)8(2)6-9-7-10(13)4-5-12(9)15/h4-5,7-8,11H,3,6H2,1-2H3. The maximum absolute atomic E-state index is 13.5. The van der Waals surface area contributed by atoms with Crippen molar-refractivity contribution in [1.29, 1.82) is 0 Å². The van der Waals surface area contributed by atoms with Gasteiger partial charge in [-0.15, -0.1) is 0 Å². The zero-order valence-corrected chi connectivity index (χ0v) is 12.1. The molecule has 0 saturated heterocycles. The number of rotatable bonds is 4. The minimum Gasteiger partial charge on any atom is -0.207 e. The van der Waals surface area contributed by atoms with Crippen molar-refractivity contribution in [3.8, 4) is 0 Å². The smallest absolute Gasteiger partial charge is 0.126 e. The SMILES string of the molecule is CCC(Br)C(C)Cc1cc(Br)ccc1F. The van der Waals surface area contributed by atoms with Crippen molar-refractivity contribution in [3.05, 3.63) is 34.1 Å². The van der Waals surface area contributed by atoms with E-state index >= 15 is 0 Å². The Morgan fingerprint density at radius 2 is 2.07 bits per heavy atom. The zero-order valence-electron chi connectivity index (χ0n) is 8.93. The van der Waals surface area contributed by atoms with Crippen LogP contribution in [0.15, 0.2) is 22.7 Å². The lowest BCUT2D eigenvalue weighted by atomic mass is 9.96. The van der Waals surface area contributed by atoms with Gasteiger partial charge in [0.2, 0.25) is 0 Å². The number of hydrogen-bond acceptors (Lipinski definition) is 0. The molecule has 0 nitrogen and oxygen atoms in total. The van der Waals surface area contributed by atoms with Crippen molar-refractivity contribution < 1.29 is 4.39 Å². The average molecular weight is 338 g/mol. The van der Waals surface area contributed by atoms with Gasteiger partial charge in [0.25, 0.3) is 0 Å². The first kappa shape index (κ1) is 13.2. The molecule has 2 unspecified atom stereocenters. The van der Waals surface area contributed by atoms with Crippen LogP contribution in [0.3, 0.4) is 0 Å². The summed E-state index contributed by atoms with van der Waals surface area (Å²) in [6, 6.07) is 5.11. The van der Waals surface area contributed by atoms with Crippen LogP contribution in [0.5, 0.6) is 0 Å². The zero-order chi connectivity index (χ0) is 11.4. The number of hydrogen-bond donors (Lipinski definition) is 0. The Morgan fingerprint density at radius 3 is 2.67 bits per heavy atom. The highest BCUT2D eigenvalue weighted by Gasteiger charge is 2.14. The van der Waals surface area contributed by atoms with Gasteiger partial charge in [-0.1, -0.05) is 45.7 Å². The van der Waals surface area contributed by atoms with Crippen molar-refractivity contribution in [1.82, 2.24) is 0 Å². The lowest BCUT2D eigenvalue weighted by Crippen LogP contribution is -2.13. The van der Waals surface area contributed by atoms with E-state index in [1.54, 1.807) is 6.07 Å². The Labute approximate surface area is 108 Å². The summed E-state index contributed by atoms with van der Waals surface area (Å²) in [5.74, 6) is 0.333. The van der Waals surface area contributed by atoms with Gasteiger partial charge in [0, 0.05) is 9.30 Å². The Kier molecular flexibility index (Phi) is 5.27. The molecule has 0 aliphatic heterocycles. The van der Waals surface area contributed by atoms with Crippen LogP contribution in [0.25, 0.3) is 0 Å². The van der Waals surface area contributed by atoms with Crippen molar-refractivity contribution >= 4 is 31.9 Å². The summed E-state index contributed by atoms with van der Waals surface area (Å²) in [4.78, 5) is 0.455. The fraction of sp³-hybridized carbons (Fsp3) is 0.500. The van der Waals surface area contributed by atoms with Crippen LogP contribution in [-0.2, 0) is 6.42 Å². The van der Waals surface area contributed by atoms with Crippen LogP contribution in [0, 0.1) is 11.7 Å². The van der Waals surface area contributed by atoms with Gasteiger partial charge >= 0.3 is 0 Å². The highest BCUT2D eigenvalue weighted by molar-refractivity contribution is 9.10. The molecule has 1 aromatic rings. The topological polar surface area (TPSA) is 0 Å². The molecule has 2 atom stereocenters. The summed E-state index contributed by atoms with van der Waals surface area (Å²) in [7, 11) is 0. The summed E-state index contributed by atoms with van der Waals surface area (Å²) < 4.78 is 14.4. The molecular formula is C12H15Br2F. The third kappa shape index (κ3) is 3.87. The van der Waals surface area contributed by atoms with Gasteiger partial charge in [0.15, 0.2) is 0 Å². The van der Waals surface area contributed by atoms with E-state index in [1.165, 1.54) is 6.07 Å². The van der Waals surface area contributed by atoms with E-state index in [0.717, 1.165) is 22.9 Å². The highest BCUT2D eigenvalue weighted by atomic mass is 79.9. The van der Waals surface area contributed by atoms with Crippen LogP contribution in [0.1, 0.15) is 25.8 Å². The Hall–Kier alpha value is 0.110. The van der Waals surface area contributed by atoms with Crippen molar-refractivity contribution in [3.63, 3.8) is 0 Å². The second kappa shape index (κ2) is 6.00. The van der Waals surface area contributed by atoms with Crippen LogP contribution >= 0.6 is 31.9 Å². The van der Waals surface area contributed by atoms with Crippen molar-refractivity contribution in [2.45, 2.75) is 31.5 Å². The molecule has 0 amide bonds. The normalized spacial score (nSPS) is 15.0. The molecule has 0 fully saturated rings. The molecular weight excluding hydrogens is 323 g/mol. The van der Waals surface area contributed by atoms with E-state index in [9.17, 15) is 4.39 Å². The number of alkyl halides is 1. The van der Waals surface area contributed by atoms with E-state index < -0.39 is 0 Å². The Balaban J connectivity index is 2.75. The first-order chi connectivity index (χ1) is 7.04. The van der Waals surface area contributed by atoms with Gasteiger partial charge in [-0.2, -0.15) is 0 Å². The third-order valence-electron chi connectivity index (χ3n) is 2.56. The fourth-order valence-electron chi connectivity index (χ4n) is 1.58. The van der Waals surface area contributed by atoms with E-state index in [1.807, 2.05) is 6.07 Å². The molecule has 0 aromatic heterocycles. The van der Waals surface area contributed by atoms with Crippen molar-refractivity contribution in [2.24, 2.45) is 5.92 Å². The van der Waals surface area contributed by atoms with E-state index in [2.05, 4.69) is 45.7 Å². The molecule has 0 spiro atoms. The molecule has 3 heteroatoms. The number of halogens is 3. The molecule has 0 heterocycles. The predicted octanol–water partition coefficient (Wildman–Crippen LogP) is 4.94.